The molecule has 1 rings (SSSR count). The van der Waals surface area contributed by atoms with Crippen LogP contribution in [0.5, 0.6) is 5.75 Å². The highest BCUT2D eigenvalue weighted by Crippen LogP contribution is 2.24. The summed E-state index contributed by atoms with van der Waals surface area (Å²) in [6, 6.07) is 7.74. The average molecular weight is 279 g/mol. The van der Waals surface area contributed by atoms with E-state index >= 15 is 0 Å². The number of nitrogens with two attached hydrogens (primary N) is 1. The number of primary amides is 1. The van der Waals surface area contributed by atoms with Crippen LogP contribution in [-0.4, -0.2) is 25.1 Å². The normalized spacial score (nSPS) is 10.9. The zero-order valence-corrected chi connectivity index (χ0v) is 12.1. The van der Waals surface area contributed by atoms with Crippen molar-refractivity contribution in [2.45, 2.75) is 32.6 Å². The standard InChI is InChI=1S/C15H21NO4/c1-15(2,3)11-4-6-12(7-5-11)19-9-8-14(18)20-10-13(16)17/h4-7H,8-10H2,1-3H3,(H2,16,17). The second-order valence-electron chi connectivity index (χ2n) is 5.50. The fraction of sp³-hybridized carbons (Fsp3) is 0.467. The monoisotopic (exact) mass is 279 g/mol. The first-order valence-electron chi connectivity index (χ1n) is 6.46. The van der Waals surface area contributed by atoms with Crippen LogP contribution >= 0.6 is 0 Å². The van der Waals surface area contributed by atoms with Crippen molar-refractivity contribution in [2.75, 3.05) is 13.2 Å². The van der Waals surface area contributed by atoms with E-state index in [4.69, 9.17) is 10.5 Å². The Morgan fingerprint density at radius 3 is 2.25 bits per heavy atom. The molecule has 0 fully saturated rings. The molecule has 1 amide bonds. The number of amides is 1. The van der Waals surface area contributed by atoms with Crippen LogP contribution in [-0.2, 0) is 19.7 Å². The number of carbonyl (C=O) groups is 2. The molecule has 1 aromatic carbocycles. The molecule has 0 unspecified atom stereocenters. The Balaban J connectivity index is 2.36. The van der Waals surface area contributed by atoms with Gasteiger partial charge >= 0.3 is 5.97 Å². The van der Waals surface area contributed by atoms with Gasteiger partial charge in [0.25, 0.3) is 5.91 Å². The Bertz CT molecular complexity index is 460. The van der Waals surface area contributed by atoms with E-state index in [0.29, 0.717) is 5.75 Å². The van der Waals surface area contributed by atoms with Gasteiger partial charge < -0.3 is 15.2 Å². The van der Waals surface area contributed by atoms with E-state index in [-0.39, 0.29) is 25.0 Å². The molecule has 0 saturated carbocycles. The second-order valence-corrected chi connectivity index (χ2v) is 5.50. The van der Waals surface area contributed by atoms with E-state index in [9.17, 15) is 9.59 Å². The van der Waals surface area contributed by atoms with E-state index in [1.807, 2.05) is 24.3 Å². The molecule has 0 bridgehead atoms. The number of hydrogen-bond acceptors (Lipinski definition) is 4. The van der Waals surface area contributed by atoms with Crippen molar-refractivity contribution in [1.29, 1.82) is 0 Å². The minimum atomic E-state index is -0.669. The summed E-state index contributed by atoms with van der Waals surface area (Å²) in [4.78, 5) is 21.6. The smallest absolute Gasteiger partial charge is 0.309 e. The third kappa shape index (κ3) is 5.73. The van der Waals surface area contributed by atoms with Crippen LogP contribution in [0.2, 0.25) is 0 Å². The Morgan fingerprint density at radius 1 is 1.15 bits per heavy atom. The van der Waals surface area contributed by atoms with Gasteiger partial charge in [0.05, 0.1) is 13.0 Å². The molecule has 0 aliphatic carbocycles. The molecule has 5 heteroatoms. The molecule has 1 aromatic rings. The maximum absolute atomic E-state index is 11.2. The lowest BCUT2D eigenvalue weighted by Gasteiger charge is -2.19. The number of ether oxygens (including phenoxy) is 2. The first-order chi connectivity index (χ1) is 9.29. The summed E-state index contributed by atoms with van der Waals surface area (Å²) in [6.45, 7) is 6.22. The van der Waals surface area contributed by atoms with E-state index in [1.54, 1.807) is 0 Å². The molecule has 20 heavy (non-hydrogen) atoms. The molecule has 0 aromatic heterocycles. The van der Waals surface area contributed by atoms with Gasteiger partial charge in [-0.1, -0.05) is 32.9 Å². The van der Waals surface area contributed by atoms with Crippen LogP contribution in [0.25, 0.3) is 0 Å². The van der Waals surface area contributed by atoms with Crippen molar-refractivity contribution in [2.24, 2.45) is 5.73 Å². The van der Waals surface area contributed by atoms with Gasteiger partial charge in [-0.25, -0.2) is 0 Å². The SMILES string of the molecule is CC(C)(C)c1ccc(OCCC(=O)OCC(N)=O)cc1. The zero-order chi connectivity index (χ0) is 15.2. The highest BCUT2D eigenvalue weighted by atomic mass is 16.5. The van der Waals surface area contributed by atoms with Gasteiger partial charge in [0.2, 0.25) is 0 Å². The van der Waals surface area contributed by atoms with Gasteiger partial charge in [-0.3, -0.25) is 9.59 Å². The molecule has 0 aliphatic heterocycles. The van der Waals surface area contributed by atoms with Crippen molar-refractivity contribution < 1.29 is 19.1 Å². The summed E-state index contributed by atoms with van der Waals surface area (Å²) >= 11 is 0. The second kappa shape index (κ2) is 6.93. The Morgan fingerprint density at radius 2 is 1.75 bits per heavy atom. The van der Waals surface area contributed by atoms with E-state index in [0.717, 1.165) is 0 Å². The topological polar surface area (TPSA) is 78.6 Å². The van der Waals surface area contributed by atoms with Crippen LogP contribution in [0.3, 0.4) is 0 Å². The predicted molar refractivity (Wildman–Crippen MR) is 75.4 cm³/mol. The van der Waals surface area contributed by atoms with E-state index < -0.39 is 11.9 Å². The van der Waals surface area contributed by atoms with Crippen molar-refractivity contribution in [3.8, 4) is 5.75 Å². The maximum atomic E-state index is 11.2. The summed E-state index contributed by atoms with van der Waals surface area (Å²) in [5.74, 6) is -0.479. The van der Waals surface area contributed by atoms with Gasteiger partial charge in [-0.15, -0.1) is 0 Å². The number of rotatable bonds is 6. The quantitative estimate of drug-likeness (QED) is 0.805. The van der Waals surface area contributed by atoms with Crippen LogP contribution in [0.1, 0.15) is 32.8 Å². The molecule has 5 nitrogen and oxygen atoms in total. The average Bonchev–Trinajstić information content (AvgIpc) is 2.36. The van der Waals surface area contributed by atoms with Crippen molar-refractivity contribution in [3.05, 3.63) is 29.8 Å². The largest absolute Gasteiger partial charge is 0.493 e. The van der Waals surface area contributed by atoms with Crippen LogP contribution < -0.4 is 10.5 Å². The van der Waals surface area contributed by atoms with Crippen molar-refractivity contribution in [3.63, 3.8) is 0 Å². The Hall–Kier alpha value is -2.04. The molecule has 0 aliphatic rings. The summed E-state index contributed by atoms with van der Waals surface area (Å²) in [7, 11) is 0. The first-order valence-corrected chi connectivity index (χ1v) is 6.46. The minimum absolute atomic E-state index is 0.0777. The highest BCUT2D eigenvalue weighted by molar-refractivity contribution is 5.78. The van der Waals surface area contributed by atoms with E-state index in [2.05, 4.69) is 25.5 Å². The molecule has 0 saturated heterocycles. The van der Waals surface area contributed by atoms with Gasteiger partial charge in [0, 0.05) is 0 Å². The van der Waals surface area contributed by atoms with Crippen LogP contribution in [0, 0.1) is 0 Å². The Kier molecular flexibility index (Phi) is 5.55. The molecular formula is C15H21NO4. The zero-order valence-electron chi connectivity index (χ0n) is 12.1. The van der Waals surface area contributed by atoms with Gasteiger partial charge in [-0.05, 0) is 23.1 Å². The molecule has 0 heterocycles. The summed E-state index contributed by atoms with van der Waals surface area (Å²) in [5.41, 5.74) is 6.17. The lowest BCUT2D eigenvalue weighted by molar-refractivity contribution is -0.148. The summed E-state index contributed by atoms with van der Waals surface area (Å²) in [6.07, 6.45) is 0.0777. The Labute approximate surface area is 119 Å². The fourth-order valence-corrected chi connectivity index (χ4v) is 1.53. The molecular weight excluding hydrogens is 258 g/mol. The predicted octanol–water partition coefficient (Wildman–Crippen LogP) is 1.78. The maximum Gasteiger partial charge on any atom is 0.309 e. The minimum Gasteiger partial charge on any atom is -0.493 e. The number of esters is 1. The molecule has 110 valence electrons. The third-order valence-electron chi connectivity index (χ3n) is 2.67. The fourth-order valence-electron chi connectivity index (χ4n) is 1.53. The number of benzene rings is 1. The van der Waals surface area contributed by atoms with Crippen molar-refractivity contribution in [1.82, 2.24) is 0 Å². The molecule has 2 N–H and O–H groups in total. The van der Waals surface area contributed by atoms with Crippen molar-refractivity contribution >= 4 is 11.9 Å². The highest BCUT2D eigenvalue weighted by Gasteiger charge is 2.13. The summed E-state index contributed by atoms with van der Waals surface area (Å²) in [5, 5.41) is 0. The summed E-state index contributed by atoms with van der Waals surface area (Å²) < 4.78 is 10.0. The van der Waals surface area contributed by atoms with E-state index in [1.165, 1.54) is 5.56 Å². The van der Waals surface area contributed by atoms with Gasteiger partial charge in [0.15, 0.2) is 6.61 Å². The number of carbonyl (C=O) groups excluding carboxylic acids is 2. The molecule has 0 atom stereocenters. The third-order valence-corrected chi connectivity index (χ3v) is 2.67. The van der Waals surface area contributed by atoms with Gasteiger partial charge in [0.1, 0.15) is 5.75 Å². The van der Waals surface area contributed by atoms with Crippen LogP contribution in [0.4, 0.5) is 0 Å². The number of hydrogen-bond donors (Lipinski definition) is 1. The first kappa shape index (κ1) is 16.0. The van der Waals surface area contributed by atoms with Gasteiger partial charge in [-0.2, -0.15) is 0 Å². The molecule has 0 radical (unpaired) electrons. The van der Waals surface area contributed by atoms with Crippen LogP contribution in [0.15, 0.2) is 24.3 Å². The lowest BCUT2D eigenvalue weighted by atomic mass is 9.87. The molecule has 0 spiro atoms. The lowest BCUT2D eigenvalue weighted by Crippen LogP contribution is -2.21.